The van der Waals surface area contributed by atoms with Gasteiger partial charge in [-0.1, -0.05) is 24.6 Å². The Labute approximate surface area is 105 Å². The Bertz CT molecular complexity index is 331. The molecule has 1 heterocycles. The van der Waals surface area contributed by atoms with E-state index in [1.54, 1.807) is 7.11 Å². The average molecular weight is 233 g/mol. The lowest BCUT2D eigenvalue weighted by molar-refractivity contribution is 0.226. The van der Waals surface area contributed by atoms with Crippen LogP contribution in [0.4, 0.5) is 0 Å². The maximum Gasteiger partial charge on any atom is 0.122 e. The summed E-state index contributed by atoms with van der Waals surface area (Å²) in [5.74, 6) is 1.03. The third-order valence-corrected chi connectivity index (χ3v) is 3.56. The molecule has 1 saturated heterocycles. The van der Waals surface area contributed by atoms with Gasteiger partial charge in [-0.05, 0) is 56.9 Å². The molecule has 1 aromatic rings. The van der Waals surface area contributed by atoms with Crippen LogP contribution in [0.5, 0.6) is 5.75 Å². The number of hydrogen-bond donors (Lipinski definition) is 0. The summed E-state index contributed by atoms with van der Waals surface area (Å²) in [7, 11) is 1.75. The highest BCUT2D eigenvalue weighted by Gasteiger charge is 2.09. The number of piperidine rings is 1. The summed E-state index contributed by atoms with van der Waals surface area (Å²) in [6, 6.07) is 8.36. The molecule has 0 unspecified atom stereocenters. The van der Waals surface area contributed by atoms with Gasteiger partial charge in [0.15, 0.2) is 0 Å². The van der Waals surface area contributed by atoms with Crippen molar-refractivity contribution in [1.29, 1.82) is 0 Å². The van der Waals surface area contributed by atoms with Gasteiger partial charge < -0.3 is 9.64 Å². The van der Waals surface area contributed by atoms with Gasteiger partial charge >= 0.3 is 0 Å². The van der Waals surface area contributed by atoms with Gasteiger partial charge in [-0.3, -0.25) is 0 Å². The number of likely N-dealkylation sites (tertiary alicyclic amines) is 1. The average Bonchev–Trinajstić information content (AvgIpc) is 2.40. The molecule has 0 bridgehead atoms. The minimum atomic E-state index is 1.03. The molecule has 0 spiro atoms. The largest absolute Gasteiger partial charge is 0.496 e. The van der Waals surface area contributed by atoms with Gasteiger partial charge in [0.2, 0.25) is 0 Å². The summed E-state index contributed by atoms with van der Waals surface area (Å²) in [6.07, 6.45) is 6.55. The topological polar surface area (TPSA) is 12.5 Å². The van der Waals surface area contributed by atoms with Gasteiger partial charge in [0, 0.05) is 0 Å². The SMILES string of the molecule is COc1ccccc1CCCN1CCCCC1. The normalized spacial score (nSPS) is 17.0. The lowest BCUT2D eigenvalue weighted by Crippen LogP contribution is -2.30. The third kappa shape index (κ3) is 3.74. The van der Waals surface area contributed by atoms with Crippen molar-refractivity contribution in [2.24, 2.45) is 0 Å². The summed E-state index contributed by atoms with van der Waals surface area (Å²) < 4.78 is 5.37. The minimum Gasteiger partial charge on any atom is -0.496 e. The number of hydrogen-bond acceptors (Lipinski definition) is 2. The first-order valence-corrected chi connectivity index (χ1v) is 6.74. The maximum atomic E-state index is 5.37. The summed E-state index contributed by atoms with van der Waals surface area (Å²) in [6.45, 7) is 3.83. The second kappa shape index (κ2) is 6.65. The highest BCUT2D eigenvalue weighted by atomic mass is 16.5. The van der Waals surface area contributed by atoms with Crippen LogP contribution in [0.3, 0.4) is 0 Å². The molecule has 0 saturated carbocycles. The molecule has 1 aliphatic heterocycles. The van der Waals surface area contributed by atoms with E-state index in [0.717, 1.165) is 12.2 Å². The smallest absolute Gasteiger partial charge is 0.122 e. The first kappa shape index (κ1) is 12.4. The van der Waals surface area contributed by atoms with Crippen LogP contribution < -0.4 is 4.74 Å². The standard InChI is InChI=1S/C15H23NO/c1-17-15-10-4-3-8-14(15)9-7-13-16-11-5-2-6-12-16/h3-4,8,10H,2,5-7,9,11-13H2,1H3. The van der Waals surface area contributed by atoms with E-state index in [1.807, 2.05) is 6.07 Å². The maximum absolute atomic E-state index is 5.37. The van der Waals surface area contributed by atoms with Crippen molar-refractivity contribution in [2.75, 3.05) is 26.7 Å². The van der Waals surface area contributed by atoms with Gasteiger partial charge in [-0.15, -0.1) is 0 Å². The van der Waals surface area contributed by atoms with Crippen molar-refractivity contribution in [3.05, 3.63) is 29.8 Å². The number of nitrogens with zero attached hydrogens (tertiary/aromatic N) is 1. The van der Waals surface area contributed by atoms with Crippen LogP contribution in [0.1, 0.15) is 31.2 Å². The zero-order valence-electron chi connectivity index (χ0n) is 10.8. The number of ether oxygens (including phenoxy) is 1. The van der Waals surface area contributed by atoms with Crippen molar-refractivity contribution in [3.8, 4) is 5.75 Å². The first-order valence-electron chi connectivity index (χ1n) is 6.74. The molecule has 2 heteroatoms. The number of rotatable bonds is 5. The lowest BCUT2D eigenvalue weighted by Gasteiger charge is -2.26. The van der Waals surface area contributed by atoms with Gasteiger partial charge in [0.05, 0.1) is 7.11 Å². The second-order valence-electron chi connectivity index (χ2n) is 4.82. The monoisotopic (exact) mass is 233 g/mol. The third-order valence-electron chi connectivity index (χ3n) is 3.56. The number of benzene rings is 1. The summed E-state index contributed by atoms with van der Waals surface area (Å²) in [5.41, 5.74) is 1.34. The molecule has 17 heavy (non-hydrogen) atoms. The Morgan fingerprint density at radius 2 is 1.88 bits per heavy atom. The molecule has 1 aliphatic rings. The molecule has 1 fully saturated rings. The molecule has 0 amide bonds. The van der Waals surface area contributed by atoms with Crippen molar-refractivity contribution in [1.82, 2.24) is 4.90 Å². The molecule has 0 atom stereocenters. The van der Waals surface area contributed by atoms with Gasteiger partial charge in [0.25, 0.3) is 0 Å². The molecule has 2 nitrogen and oxygen atoms in total. The number of aryl methyl sites for hydroxylation is 1. The summed E-state index contributed by atoms with van der Waals surface area (Å²) in [4.78, 5) is 2.60. The summed E-state index contributed by atoms with van der Waals surface area (Å²) >= 11 is 0. The van der Waals surface area contributed by atoms with Gasteiger partial charge in [-0.25, -0.2) is 0 Å². The number of para-hydroxylation sites is 1. The van der Waals surface area contributed by atoms with E-state index in [-0.39, 0.29) is 0 Å². The fourth-order valence-corrected chi connectivity index (χ4v) is 2.59. The Hall–Kier alpha value is -1.02. The molecule has 0 aromatic heterocycles. The van der Waals surface area contributed by atoms with Crippen LogP contribution in [0.2, 0.25) is 0 Å². The Balaban J connectivity index is 1.77. The lowest BCUT2D eigenvalue weighted by atomic mass is 10.1. The van der Waals surface area contributed by atoms with Crippen LogP contribution in [0, 0.1) is 0 Å². The van der Waals surface area contributed by atoms with Gasteiger partial charge in [-0.2, -0.15) is 0 Å². The van der Waals surface area contributed by atoms with Crippen LogP contribution in [-0.4, -0.2) is 31.6 Å². The predicted molar refractivity (Wildman–Crippen MR) is 71.6 cm³/mol. The molecule has 2 rings (SSSR count). The fourth-order valence-electron chi connectivity index (χ4n) is 2.59. The van der Waals surface area contributed by atoms with Crippen LogP contribution >= 0.6 is 0 Å². The minimum absolute atomic E-state index is 1.03. The van der Waals surface area contributed by atoms with E-state index < -0.39 is 0 Å². The quantitative estimate of drug-likeness (QED) is 0.775. The van der Waals surface area contributed by atoms with E-state index in [1.165, 1.54) is 50.9 Å². The second-order valence-corrected chi connectivity index (χ2v) is 4.82. The zero-order valence-corrected chi connectivity index (χ0v) is 10.8. The molecule has 0 radical (unpaired) electrons. The Morgan fingerprint density at radius 3 is 2.65 bits per heavy atom. The van der Waals surface area contributed by atoms with E-state index in [4.69, 9.17) is 4.74 Å². The van der Waals surface area contributed by atoms with Crippen LogP contribution in [0.15, 0.2) is 24.3 Å². The van der Waals surface area contributed by atoms with Crippen molar-refractivity contribution in [2.45, 2.75) is 32.1 Å². The van der Waals surface area contributed by atoms with Crippen LogP contribution in [-0.2, 0) is 6.42 Å². The molecular formula is C15H23NO. The molecule has 1 aromatic carbocycles. The number of methoxy groups -OCH3 is 1. The predicted octanol–water partition coefficient (Wildman–Crippen LogP) is 3.11. The van der Waals surface area contributed by atoms with E-state index >= 15 is 0 Å². The Morgan fingerprint density at radius 1 is 1.12 bits per heavy atom. The van der Waals surface area contributed by atoms with Crippen LogP contribution in [0.25, 0.3) is 0 Å². The molecule has 0 aliphatic carbocycles. The van der Waals surface area contributed by atoms with E-state index in [2.05, 4.69) is 23.1 Å². The van der Waals surface area contributed by atoms with Crippen molar-refractivity contribution >= 4 is 0 Å². The van der Waals surface area contributed by atoms with E-state index in [0.29, 0.717) is 0 Å². The Kier molecular flexibility index (Phi) is 4.87. The zero-order chi connectivity index (χ0) is 11.9. The fraction of sp³-hybridized carbons (Fsp3) is 0.600. The molecular weight excluding hydrogens is 210 g/mol. The van der Waals surface area contributed by atoms with Gasteiger partial charge in [0.1, 0.15) is 5.75 Å². The first-order chi connectivity index (χ1) is 8.40. The van der Waals surface area contributed by atoms with Crippen molar-refractivity contribution < 1.29 is 4.74 Å². The highest BCUT2D eigenvalue weighted by molar-refractivity contribution is 5.33. The van der Waals surface area contributed by atoms with Crippen molar-refractivity contribution in [3.63, 3.8) is 0 Å². The van der Waals surface area contributed by atoms with E-state index in [9.17, 15) is 0 Å². The summed E-state index contributed by atoms with van der Waals surface area (Å²) in [5, 5.41) is 0. The molecule has 0 N–H and O–H groups in total. The highest BCUT2D eigenvalue weighted by Crippen LogP contribution is 2.19. The molecule has 94 valence electrons.